The minimum absolute atomic E-state index is 0.262. The Morgan fingerprint density at radius 1 is 1.42 bits per heavy atom. The predicted molar refractivity (Wildman–Crippen MR) is 72.8 cm³/mol. The van der Waals surface area contributed by atoms with Crippen LogP contribution >= 0.6 is 11.3 Å². The molecule has 104 valence electrons. The standard InChI is InChI=1S/C12H15NO4S2/c1-7-5-8(2)18-12(7)19(16,17)13-10-4-3-9(6-10)11(14)15/h3-5,9-10,13H,6H2,1-2H3,(H,14,15). The molecule has 0 saturated heterocycles. The fourth-order valence-corrected chi connectivity index (χ4v) is 5.00. The van der Waals surface area contributed by atoms with E-state index >= 15 is 0 Å². The van der Waals surface area contributed by atoms with Crippen LogP contribution in [0.15, 0.2) is 22.4 Å². The molecule has 0 fully saturated rings. The summed E-state index contributed by atoms with van der Waals surface area (Å²) >= 11 is 1.22. The first-order valence-electron chi connectivity index (χ1n) is 5.80. The van der Waals surface area contributed by atoms with E-state index in [9.17, 15) is 13.2 Å². The molecule has 0 aliphatic heterocycles. The van der Waals surface area contributed by atoms with Gasteiger partial charge in [0.25, 0.3) is 10.0 Å². The summed E-state index contributed by atoms with van der Waals surface area (Å²) in [4.78, 5) is 11.7. The molecule has 5 nitrogen and oxygen atoms in total. The zero-order valence-electron chi connectivity index (χ0n) is 10.6. The molecule has 2 rings (SSSR count). The van der Waals surface area contributed by atoms with Crippen molar-refractivity contribution in [1.82, 2.24) is 4.72 Å². The Bertz CT molecular complexity index is 630. The highest BCUT2D eigenvalue weighted by Crippen LogP contribution is 2.27. The van der Waals surface area contributed by atoms with Crippen LogP contribution in [0.5, 0.6) is 0 Å². The summed E-state index contributed by atoms with van der Waals surface area (Å²) in [5.74, 6) is -1.54. The van der Waals surface area contributed by atoms with Crippen LogP contribution in [0.3, 0.4) is 0 Å². The molecule has 2 unspecified atom stereocenters. The molecule has 7 heteroatoms. The summed E-state index contributed by atoms with van der Waals surface area (Å²) in [6, 6.07) is 1.37. The Kier molecular flexibility index (Phi) is 3.80. The Hall–Kier alpha value is -1.18. The first-order chi connectivity index (χ1) is 8.79. The first-order valence-corrected chi connectivity index (χ1v) is 8.10. The second-order valence-corrected chi connectivity index (χ2v) is 7.79. The van der Waals surface area contributed by atoms with Gasteiger partial charge in [-0.25, -0.2) is 13.1 Å². The fourth-order valence-electron chi connectivity index (χ4n) is 2.11. The normalized spacial score (nSPS) is 22.8. The van der Waals surface area contributed by atoms with E-state index in [0.717, 1.165) is 4.88 Å². The van der Waals surface area contributed by atoms with Gasteiger partial charge in [0.1, 0.15) is 4.21 Å². The lowest BCUT2D eigenvalue weighted by Gasteiger charge is -2.12. The maximum Gasteiger partial charge on any atom is 0.310 e. The van der Waals surface area contributed by atoms with Gasteiger partial charge in [-0.05, 0) is 31.9 Å². The van der Waals surface area contributed by atoms with E-state index < -0.39 is 28.0 Å². The van der Waals surface area contributed by atoms with Crippen molar-refractivity contribution in [2.75, 3.05) is 0 Å². The van der Waals surface area contributed by atoms with Crippen LogP contribution in [-0.4, -0.2) is 25.5 Å². The van der Waals surface area contributed by atoms with E-state index in [1.54, 1.807) is 13.0 Å². The monoisotopic (exact) mass is 301 g/mol. The van der Waals surface area contributed by atoms with E-state index in [2.05, 4.69) is 4.72 Å². The zero-order valence-corrected chi connectivity index (χ0v) is 12.2. The second kappa shape index (κ2) is 5.07. The molecular weight excluding hydrogens is 286 g/mol. The SMILES string of the molecule is Cc1cc(C)c(S(=O)(=O)NC2C=CC(C(=O)O)C2)s1. The second-order valence-electron chi connectivity index (χ2n) is 4.62. The molecule has 0 bridgehead atoms. The van der Waals surface area contributed by atoms with E-state index in [4.69, 9.17) is 5.11 Å². The number of sulfonamides is 1. The van der Waals surface area contributed by atoms with Gasteiger partial charge in [0.05, 0.1) is 5.92 Å². The van der Waals surface area contributed by atoms with Crippen molar-refractivity contribution in [3.63, 3.8) is 0 Å². The number of nitrogens with one attached hydrogen (secondary N) is 1. The maximum atomic E-state index is 12.2. The maximum absolute atomic E-state index is 12.2. The molecule has 2 N–H and O–H groups in total. The lowest BCUT2D eigenvalue weighted by Crippen LogP contribution is -2.33. The highest BCUT2D eigenvalue weighted by molar-refractivity contribution is 7.91. The average Bonchev–Trinajstić information content (AvgIpc) is 2.85. The lowest BCUT2D eigenvalue weighted by atomic mass is 10.1. The molecule has 0 amide bonds. The first kappa shape index (κ1) is 14.2. The number of aryl methyl sites for hydroxylation is 2. The van der Waals surface area contributed by atoms with E-state index in [1.165, 1.54) is 17.4 Å². The van der Waals surface area contributed by atoms with Crippen molar-refractivity contribution in [1.29, 1.82) is 0 Å². The summed E-state index contributed by atoms with van der Waals surface area (Å²) < 4.78 is 27.3. The Morgan fingerprint density at radius 3 is 2.58 bits per heavy atom. The number of aliphatic carboxylic acids is 1. The minimum Gasteiger partial charge on any atom is -0.481 e. The van der Waals surface area contributed by atoms with Crippen molar-refractivity contribution in [2.24, 2.45) is 5.92 Å². The van der Waals surface area contributed by atoms with Crippen LogP contribution < -0.4 is 4.72 Å². The van der Waals surface area contributed by atoms with Gasteiger partial charge in [-0.15, -0.1) is 11.3 Å². The van der Waals surface area contributed by atoms with Crippen molar-refractivity contribution >= 4 is 27.3 Å². The molecule has 1 aliphatic carbocycles. The predicted octanol–water partition coefficient (Wildman–Crippen LogP) is 1.67. The van der Waals surface area contributed by atoms with Crippen molar-refractivity contribution < 1.29 is 18.3 Å². The lowest BCUT2D eigenvalue weighted by molar-refractivity contribution is -0.140. The Balaban J connectivity index is 2.14. The molecule has 19 heavy (non-hydrogen) atoms. The summed E-state index contributed by atoms with van der Waals surface area (Å²) in [6.07, 6.45) is 3.39. The van der Waals surface area contributed by atoms with Crippen LogP contribution in [0.1, 0.15) is 16.9 Å². The third kappa shape index (κ3) is 3.05. The van der Waals surface area contributed by atoms with E-state index in [1.807, 2.05) is 13.0 Å². The van der Waals surface area contributed by atoms with Gasteiger partial charge in [-0.1, -0.05) is 12.2 Å². The van der Waals surface area contributed by atoms with Gasteiger partial charge in [-0.3, -0.25) is 4.79 Å². The summed E-state index contributed by atoms with van der Waals surface area (Å²) in [6.45, 7) is 3.61. The molecular formula is C12H15NO4S2. The molecule has 0 radical (unpaired) electrons. The molecule has 1 aromatic rings. The average molecular weight is 301 g/mol. The number of carboxylic acid groups (broad SMARTS) is 1. The number of rotatable bonds is 4. The smallest absolute Gasteiger partial charge is 0.310 e. The van der Waals surface area contributed by atoms with E-state index in [0.29, 0.717) is 9.77 Å². The largest absolute Gasteiger partial charge is 0.481 e. The quantitative estimate of drug-likeness (QED) is 0.829. The van der Waals surface area contributed by atoms with E-state index in [-0.39, 0.29) is 6.42 Å². The molecule has 1 heterocycles. The van der Waals surface area contributed by atoms with Gasteiger partial charge in [-0.2, -0.15) is 0 Å². The Labute approximate surface area is 116 Å². The number of hydrogen-bond donors (Lipinski definition) is 2. The van der Waals surface area contributed by atoms with Gasteiger partial charge in [0.2, 0.25) is 0 Å². The van der Waals surface area contributed by atoms with Crippen LogP contribution in [0.25, 0.3) is 0 Å². The van der Waals surface area contributed by atoms with Crippen molar-refractivity contribution in [3.8, 4) is 0 Å². The summed E-state index contributed by atoms with van der Waals surface area (Å²) in [7, 11) is -3.58. The number of carboxylic acids is 1. The Morgan fingerprint density at radius 2 is 2.11 bits per heavy atom. The van der Waals surface area contributed by atoms with Gasteiger partial charge >= 0.3 is 5.97 Å². The molecule has 2 atom stereocenters. The van der Waals surface area contributed by atoms with Crippen LogP contribution in [-0.2, 0) is 14.8 Å². The zero-order chi connectivity index (χ0) is 14.2. The summed E-state index contributed by atoms with van der Waals surface area (Å²) in [5, 5.41) is 8.87. The fraction of sp³-hybridized carbons (Fsp3) is 0.417. The van der Waals surface area contributed by atoms with Crippen LogP contribution in [0.2, 0.25) is 0 Å². The van der Waals surface area contributed by atoms with Crippen molar-refractivity contribution in [2.45, 2.75) is 30.5 Å². The number of hydrogen-bond acceptors (Lipinski definition) is 4. The highest BCUT2D eigenvalue weighted by Gasteiger charge is 2.29. The third-order valence-electron chi connectivity index (χ3n) is 2.95. The van der Waals surface area contributed by atoms with Crippen molar-refractivity contribution in [3.05, 3.63) is 28.7 Å². The minimum atomic E-state index is -3.58. The number of carbonyl (C=O) groups is 1. The molecule has 0 spiro atoms. The molecule has 1 aromatic heterocycles. The third-order valence-corrected chi connectivity index (χ3v) is 6.23. The van der Waals surface area contributed by atoms with Crippen LogP contribution in [0, 0.1) is 19.8 Å². The van der Waals surface area contributed by atoms with Gasteiger partial charge < -0.3 is 5.11 Å². The van der Waals surface area contributed by atoms with Gasteiger partial charge in [0.15, 0.2) is 0 Å². The van der Waals surface area contributed by atoms with Gasteiger partial charge in [0, 0.05) is 10.9 Å². The molecule has 1 aliphatic rings. The van der Waals surface area contributed by atoms with Crippen LogP contribution in [0.4, 0.5) is 0 Å². The topological polar surface area (TPSA) is 83.5 Å². The highest BCUT2D eigenvalue weighted by atomic mass is 32.2. The number of thiophene rings is 1. The molecule has 0 saturated carbocycles. The molecule has 0 aromatic carbocycles. The summed E-state index contributed by atoms with van der Waals surface area (Å²) in [5.41, 5.74) is 0.715.